The van der Waals surface area contributed by atoms with Crippen molar-refractivity contribution < 1.29 is 13.2 Å². The number of rotatable bonds is 5. The summed E-state index contributed by atoms with van der Waals surface area (Å²) in [5.74, 6) is 0.0288. The molecular weight excluding hydrogens is 328 g/mol. The van der Waals surface area contributed by atoms with Crippen LogP contribution in [0.2, 0.25) is 0 Å². The summed E-state index contributed by atoms with van der Waals surface area (Å²) in [6.07, 6.45) is 0.859. The zero-order chi connectivity index (χ0) is 14.7. The average molecular weight is 344 g/mol. The second-order valence-corrected chi connectivity index (χ2v) is 5.32. The van der Waals surface area contributed by atoms with Gasteiger partial charge in [-0.1, -0.05) is 13.8 Å². The van der Waals surface area contributed by atoms with Crippen molar-refractivity contribution in [2.24, 2.45) is 0 Å². The number of benzene rings is 1. The minimum atomic E-state index is -0.518. The van der Waals surface area contributed by atoms with E-state index in [1.165, 1.54) is 0 Å². The van der Waals surface area contributed by atoms with Crippen LogP contribution in [-0.4, -0.2) is 6.54 Å². The van der Waals surface area contributed by atoms with Gasteiger partial charge in [-0.3, -0.25) is 0 Å². The van der Waals surface area contributed by atoms with Gasteiger partial charge in [-0.15, -0.1) is 0 Å². The lowest BCUT2D eigenvalue weighted by Gasteiger charge is -2.12. The second-order valence-electron chi connectivity index (χ2n) is 4.47. The van der Waals surface area contributed by atoms with Crippen molar-refractivity contribution in [2.45, 2.75) is 26.3 Å². The Hall–Kier alpha value is -1.20. The van der Waals surface area contributed by atoms with E-state index >= 15 is 0 Å². The van der Waals surface area contributed by atoms with Gasteiger partial charge in [0.1, 0.15) is 23.2 Å². The van der Waals surface area contributed by atoms with Crippen LogP contribution in [0.15, 0.2) is 33.2 Å². The van der Waals surface area contributed by atoms with E-state index in [2.05, 4.69) is 21.2 Å². The fourth-order valence-corrected chi connectivity index (χ4v) is 2.40. The summed E-state index contributed by atoms with van der Waals surface area (Å²) in [5, 5.41) is 3.28. The molecule has 20 heavy (non-hydrogen) atoms. The smallest absolute Gasteiger partial charge is 0.138 e. The summed E-state index contributed by atoms with van der Waals surface area (Å²) >= 11 is 2.96. The van der Waals surface area contributed by atoms with Gasteiger partial charge in [0.05, 0.1) is 16.1 Å². The Balaban J connectivity index is 2.35. The Bertz CT molecular complexity index is 598. The van der Waals surface area contributed by atoms with E-state index in [1.807, 2.05) is 13.8 Å². The van der Waals surface area contributed by atoms with Crippen molar-refractivity contribution in [1.29, 1.82) is 0 Å². The summed E-state index contributed by atoms with van der Waals surface area (Å²) in [6.45, 7) is 4.86. The van der Waals surface area contributed by atoms with Gasteiger partial charge in [-0.25, -0.2) is 8.78 Å². The molecule has 108 valence electrons. The fraction of sp³-hybridized carbons (Fsp3) is 0.333. The normalized spacial score (nSPS) is 12.7. The van der Waals surface area contributed by atoms with E-state index < -0.39 is 11.6 Å². The number of hydrogen-bond acceptors (Lipinski definition) is 2. The Kier molecular flexibility index (Phi) is 4.94. The lowest BCUT2D eigenvalue weighted by atomic mass is 10.1. The Morgan fingerprint density at radius 2 is 1.95 bits per heavy atom. The van der Waals surface area contributed by atoms with Crippen LogP contribution in [0, 0.1) is 11.6 Å². The molecule has 0 saturated carbocycles. The number of halogens is 3. The monoisotopic (exact) mass is 343 g/mol. The third-order valence-corrected chi connectivity index (χ3v) is 3.71. The Labute approximate surface area is 125 Å². The van der Waals surface area contributed by atoms with Gasteiger partial charge < -0.3 is 9.73 Å². The van der Waals surface area contributed by atoms with Crippen molar-refractivity contribution in [3.8, 4) is 11.3 Å². The molecule has 0 bridgehead atoms. The maximum Gasteiger partial charge on any atom is 0.138 e. The number of furan rings is 1. The largest absolute Gasteiger partial charge is 0.459 e. The molecule has 0 amide bonds. The molecule has 1 heterocycles. The molecule has 1 N–H and O–H groups in total. The van der Waals surface area contributed by atoms with Gasteiger partial charge in [0.15, 0.2) is 0 Å². The van der Waals surface area contributed by atoms with Crippen LogP contribution in [0.1, 0.15) is 32.1 Å². The molecule has 0 spiro atoms. The molecule has 1 aromatic carbocycles. The quantitative estimate of drug-likeness (QED) is 0.768. The van der Waals surface area contributed by atoms with Gasteiger partial charge in [0.25, 0.3) is 0 Å². The van der Waals surface area contributed by atoms with Crippen LogP contribution in [0.4, 0.5) is 8.78 Å². The molecule has 0 fully saturated rings. The average Bonchev–Trinajstić information content (AvgIpc) is 2.89. The van der Waals surface area contributed by atoms with Gasteiger partial charge in [-0.2, -0.15) is 0 Å². The van der Waals surface area contributed by atoms with Gasteiger partial charge in [-0.05, 0) is 53.2 Å². The van der Waals surface area contributed by atoms with Crippen LogP contribution in [0.5, 0.6) is 0 Å². The lowest BCUT2D eigenvalue weighted by molar-refractivity contribution is 0.416. The molecule has 1 atom stereocenters. The van der Waals surface area contributed by atoms with E-state index in [-0.39, 0.29) is 16.1 Å². The molecule has 0 aliphatic rings. The zero-order valence-electron chi connectivity index (χ0n) is 11.3. The van der Waals surface area contributed by atoms with Crippen molar-refractivity contribution in [3.63, 3.8) is 0 Å². The van der Waals surface area contributed by atoms with E-state index in [9.17, 15) is 8.78 Å². The van der Waals surface area contributed by atoms with Crippen LogP contribution in [0.3, 0.4) is 0 Å². The van der Waals surface area contributed by atoms with Crippen molar-refractivity contribution in [3.05, 3.63) is 46.1 Å². The molecule has 0 radical (unpaired) electrons. The second kappa shape index (κ2) is 6.50. The predicted octanol–water partition coefficient (Wildman–Crippen LogP) is 5.05. The van der Waals surface area contributed by atoms with Gasteiger partial charge >= 0.3 is 0 Å². The SMILES string of the molecule is CCNC(CC)c1ccc(-c2cc(F)c(Br)cc2F)o1. The highest BCUT2D eigenvalue weighted by Gasteiger charge is 2.17. The summed E-state index contributed by atoms with van der Waals surface area (Å²) < 4.78 is 33.2. The van der Waals surface area contributed by atoms with E-state index in [0.717, 1.165) is 30.9 Å². The highest BCUT2D eigenvalue weighted by Crippen LogP contribution is 2.31. The molecule has 0 aliphatic carbocycles. The first kappa shape index (κ1) is 15.2. The molecule has 2 nitrogen and oxygen atoms in total. The third-order valence-electron chi connectivity index (χ3n) is 3.10. The predicted molar refractivity (Wildman–Crippen MR) is 78.5 cm³/mol. The third kappa shape index (κ3) is 3.10. The van der Waals surface area contributed by atoms with Gasteiger partial charge in [0.2, 0.25) is 0 Å². The standard InChI is InChI=1S/C15H16BrF2NO/c1-3-13(19-4-2)15-6-5-14(20-15)9-7-12(18)10(16)8-11(9)17/h5-8,13,19H,3-4H2,1-2H3. The Morgan fingerprint density at radius 3 is 2.60 bits per heavy atom. The van der Waals surface area contributed by atoms with Gasteiger partial charge in [0, 0.05) is 0 Å². The summed E-state index contributed by atoms with van der Waals surface area (Å²) in [7, 11) is 0. The molecule has 1 aromatic heterocycles. The molecule has 5 heteroatoms. The highest BCUT2D eigenvalue weighted by molar-refractivity contribution is 9.10. The van der Waals surface area contributed by atoms with Crippen molar-refractivity contribution >= 4 is 15.9 Å². The fourth-order valence-electron chi connectivity index (χ4n) is 2.09. The van der Waals surface area contributed by atoms with Crippen molar-refractivity contribution in [2.75, 3.05) is 6.54 Å². The molecule has 0 aliphatic heterocycles. The molecule has 2 aromatic rings. The summed E-state index contributed by atoms with van der Waals surface area (Å²) in [4.78, 5) is 0. The topological polar surface area (TPSA) is 25.2 Å². The van der Waals surface area contributed by atoms with E-state index in [0.29, 0.717) is 5.76 Å². The number of nitrogens with one attached hydrogen (secondary N) is 1. The zero-order valence-corrected chi connectivity index (χ0v) is 12.9. The summed E-state index contributed by atoms with van der Waals surface area (Å²) in [5.41, 5.74) is 0.128. The first-order chi connectivity index (χ1) is 9.56. The number of hydrogen-bond donors (Lipinski definition) is 1. The maximum atomic E-state index is 13.9. The molecule has 2 rings (SSSR count). The minimum Gasteiger partial charge on any atom is -0.459 e. The van der Waals surface area contributed by atoms with Crippen LogP contribution in [-0.2, 0) is 0 Å². The van der Waals surface area contributed by atoms with Crippen LogP contribution < -0.4 is 5.32 Å². The highest BCUT2D eigenvalue weighted by atomic mass is 79.9. The lowest BCUT2D eigenvalue weighted by Crippen LogP contribution is -2.19. The summed E-state index contributed by atoms with van der Waals surface area (Å²) in [6, 6.07) is 5.79. The van der Waals surface area contributed by atoms with Crippen molar-refractivity contribution in [1.82, 2.24) is 5.32 Å². The molecular formula is C15H16BrF2NO. The van der Waals surface area contributed by atoms with E-state index in [1.54, 1.807) is 12.1 Å². The Morgan fingerprint density at radius 1 is 1.20 bits per heavy atom. The maximum absolute atomic E-state index is 13.9. The molecule has 0 saturated heterocycles. The molecule has 1 unspecified atom stereocenters. The van der Waals surface area contributed by atoms with E-state index in [4.69, 9.17) is 4.42 Å². The van der Waals surface area contributed by atoms with Crippen LogP contribution in [0.25, 0.3) is 11.3 Å². The first-order valence-electron chi connectivity index (χ1n) is 6.54. The van der Waals surface area contributed by atoms with Crippen LogP contribution >= 0.6 is 15.9 Å². The first-order valence-corrected chi connectivity index (χ1v) is 7.34. The minimum absolute atomic E-state index is 0.0807.